The highest BCUT2D eigenvalue weighted by Crippen LogP contribution is 2.25. The summed E-state index contributed by atoms with van der Waals surface area (Å²) in [4.78, 5) is 4.82. The number of ether oxygens (including phenoxy) is 2. The summed E-state index contributed by atoms with van der Waals surface area (Å²) in [6.45, 7) is 10.5. The first-order chi connectivity index (χ1) is 15.4. The number of imidazole rings is 1. The zero-order valence-corrected chi connectivity index (χ0v) is 19.5. The molecular formula is C28H32N2O2. The topological polar surface area (TPSA) is 36.3 Å². The highest BCUT2D eigenvalue weighted by atomic mass is 16.5. The van der Waals surface area contributed by atoms with E-state index in [4.69, 9.17) is 14.5 Å². The second-order valence-electron chi connectivity index (χ2n) is 9.08. The van der Waals surface area contributed by atoms with Gasteiger partial charge in [-0.05, 0) is 59.4 Å². The predicted molar refractivity (Wildman–Crippen MR) is 131 cm³/mol. The first kappa shape index (κ1) is 21.9. The summed E-state index contributed by atoms with van der Waals surface area (Å²) >= 11 is 0. The maximum Gasteiger partial charge on any atom is 0.148 e. The molecule has 0 aliphatic heterocycles. The van der Waals surface area contributed by atoms with Gasteiger partial charge in [-0.15, -0.1) is 0 Å². The molecule has 0 bridgehead atoms. The van der Waals surface area contributed by atoms with Crippen molar-refractivity contribution < 1.29 is 9.47 Å². The third-order valence-corrected chi connectivity index (χ3v) is 5.74. The highest BCUT2D eigenvalue weighted by Gasteiger charge is 2.14. The second kappa shape index (κ2) is 9.47. The average molecular weight is 429 g/mol. The van der Waals surface area contributed by atoms with Crippen molar-refractivity contribution in [1.82, 2.24) is 9.55 Å². The molecule has 0 amide bonds. The number of hydrogen-bond donors (Lipinski definition) is 0. The lowest BCUT2D eigenvalue weighted by molar-refractivity contribution is 0.272. The maximum atomic E-state index is 6.10. The number of aromatic nitrogens is 2. The fourth-order valence-corrected chi connectivity index (χ4v) is 3.76. The van der Waals surface area contributed by atoms with Gasteiger partial charge in [0.25, 0.3) is 0 Å². The standard InChI is InChI=1S/C28H32N2O2/c1-5-21-10-14-23(15-11-21)31-19-18-30-26-9-7-6-8-25(26)29-27(30)20-32-24-16-12-22(13-17-24)28(2,3)4/h6-17H,5,18-20H2,1-4H3. The lowest BCUT2D eigenvalue weighted by atomic mass is 9.87. The van der Waals surface area contributed by atoms with Crippen molar-refractivity contribution in [2.24, 2.45) is 0 Å². The largest absolute Gasteiger partial charge is 0.492 e. The van der Waals surface area contributed by atoms with Gasteiger partial charge in [-0.25, -0.2) is 4.98 Å². The zero-order valence-electron chi connectivity index (χ0n) is 19.5. The number of hydrogen-bond acceptors (Lipinski definition) is 3. The van der Waals surface area contributed by atoms with Crippen LogP contribution in [0.4, 0.5) is 0 Å². The molecule has 0 N–H and O–H groups in total. The quantitative estimate of drug-likeness (QED) is 0.319. The van der Waals surface area contributed by atoms with Crippen LogP contribution in [-0.4, -0.2) is 16.2 Å². The number of fused-ring (bicyclic) bond motifs is 1. The summed E-state index contributed by atoms with van der Waals surface area (Å²) in [6.07, 6.45) is 1.03. The third kappa shape index (κ3) is 5.13. The molecule has 166 valence electrons. The molecule has 0 atom stereocenters. The van der Waals surface area contributed by atoms with Crippen LogP contribution in [0.15, 0.2) is 72.8 Å². The molecule has 4 heteroatoms. The number of rotatable bonds is 8. The van der Waals surface area contributed by atoms with E-state index in [-0.39, 0.29) is 5.41 Å². The number of nitrogens with zero attached hydrogens (tertiary/aromatic N) is 2. The Hall–Kier alpha value is -3.27. The van der Waals surface area contributed by atoms with Crippen LogP contribution in [0.5, 0.6) is 11.5 Å². The van der Waals surface area contributed by atoms with E-state index in [2.05, 4.69) is 62.6 Å². The normalized spacial score (nSPS) is 11.6. The molecule has 0 aliphatic rings. The van der Waals surface area contributed by atoms with Gasteiger partial charge in [-0.3, -0.25) is 0 Å². The van der Waals surface area contributed by atoms with Crippen LogP contribution >= 0.6 is 0 Å². The van der Waals surface area contributed by atoms with E-state index >= 15 is 0 Å². The van der Waals surface area contributed by atoms with Gasteiger partial charge in [-0.1, -0.05) is 64.1 Å². The van der Waals surface area contributed by atoms with Crippen molar-refractivity contribution in [3.63, 3.8) is 0 Å². The molecule has 1 heterocycles. The van der Waals surface area contributed by atoms with Gasteiger partial charge in [0.15, 0.2) is 0 Å². The van der Waals surface area contributed by atoms with E-state index in [0.29, 0.717) is 19.8 Å². The molecule has 0 aliphatic carbocycles. The number of aryl methyl sites for hydroxylation is 1. The van der Waals surface area contributed by atoms with Gasteiger partial charge >= 0.3 is 0 Å². The van der Waals surface area contributed by atoms with Crippen molar-refractivity contribution in [2.75, 3.05) is 6.61 Å². The first-order valence-corrected chi connectivity index (χ1v) is 11.3. The summed E-state index contributed by atoms with van der Waals surface area (Å²) < 4.78 is 14.3. The van der Waals surface area contributed by atoms with Crippen molar-refractivity contribution in [3.8, 4) is 11.5 Å². The smallest absolute Gasteiger partial charge is 0.148 e. The second-order valence-corrected chi connectivity index (χ2v) is 9.08. The Balaban J connectivity index is 1.46. The molecule has 0 unspecified atom stereocenters. The minimum absolute atomic E-state index is 0.128. The first-order valence-electron chi connectivity index (χ1n) is 11.3. The molecule has 3 aromatic carbocycles. The average Bonchev–Trinajstić information content (AvgIpc) is 3.15. The SMILES string of the molecule is CCc1ccc(OCCn2c(COc3ccc(C(C)(C)C)cc3)nc3ccccc32)cc1. The lowest BCUT2D eigenvalue weighted by Gasteiger charge is -2.19. The monoisotopic (exact) mass is 428 g/mol. The highest BCUT2D eigenvalue weighted by molar-refractivity contribution is 5.75. The Morgan fingerprint density at radius 2 is 1.47 bits per heavy atom. The molecule has 0 radical (unpaired) electrons. The summed E-state index contributed by atoms with van der Waals surface area (Å²) in [5.41, 5.74) is 4.80. The maximum absolute atomic E-state index is 6.10. The molecule has 1 aromatic heterocycles. The molecule has 0 saturated carbocycles. The number of benzene rings is 3. The molecule has 0 spiro atoms. The number of para-hydroxylation sites is 2. The summed E-state index contributed by atoms with van der Waals surface area (Å²) in [5, 5.41) is 0. The predicted octanol–water partition coefficient (Wildman–Crippen LogP) is 6.55. The van der Waals surface area contributed by atoms with Crippen LogP contribution in [-0.2, 0) is 25.0 Å². The summed E-state index contributed by atoms with van der Waals surface area (Å²) in [7, 11) is 0. The van der Waals surface area contributed by atoms with E-state index in [0.717, 1.165) is 34.8 Å². The van der Waals surface area contributed by atoms with Gasteiger partial charge in [0.1, 0.15) is 30.5 Å². The molecule has 32 heavy (non-hydrogen) atoms. The Morgan fingerprint density at radius 3 is 2.16 bits per heavy atom. The van der Waals surface area contributed by atoms with Gasteiger partial charge < -0.3 is 14.0 Å². The van der Waals surface area contributed by atoms with Crippen molar-refractivity contribution in [3.05, 3.63) is 89.7 Å². The Labute approximate surface area is 190 Å². The molecular weight excluding hydrogens is 396 g/mol. The van der Waals surface area contributed by atoms with E-state index < -0.39 is 0 Å². The van der Waals surface area contributed by atoms with E-state index in [1.165, 1.54) is 11.1 Å². The van der Waals surface area contributed by atoms with E-state index in [1.54, 1.807) is 0 Å². The minimum Gasteiger partial charge on any atom is -0.492 e. The van der Waals surface area contributed by atoms with Crippen molar-refractivity contribution in [2.45, 2.75) is 52.7 Å². The minimum atomic E-state index is 0.128. The Kier molecular flexibility index (Phi) is 6.50. The van der Waals surface area contributed by atoms with Crippen LogP contribution < -0.4 is 9.47 Å². The Bertz CT molecular complexity index is 1150. The third-order valence-electron chi connectivity index (χ3n) is 5.74. The van der Waals surface area contributed by atoms with Crippen LogP contribution in [0, 0.1) is 0 Å². The van der Waals surface area contributed by atoms with Crippen molar-refractivity contribution >= 4 is 11.0 Å². The van der Waals surface area contributed by atoms with E-state index in [1.807, 2.05) is 42.5 Å². The zero-order chi connectivity index (χ0) is 22.6. The van der Waals surface area contributed by atoms with Gasteiger partial charge in [-0.2, -0.15) is 0 Å². The fraction of sp³-hybridized carbons (Fsp3) is 0.321. The molecule has 0 saturated heterocycles. The van der Waals surface area contributed by atoms with Crippen molar-refractivity contribution in [1.29, 1.82) is 0 Å². The van der Waals surface area contributed by atoms with Gasteiger partial charge in [0.05, 0.1) is 17.6 Å². The fourth-order valence-electron chi connectivity index (χ4n) is 3.76. The van der Waals surface area contributed by atoms with Crippen LogP contribution in [0.1, 0.15) is 44.6 Å². The summed E-state index contributed by atoms with van der Waals surface area (Å²) in [5.74, 6) is 2.64. The Morgan fingerprint density at radius 1 is 0.812 bits per heavy atom. The van der Waals surface area contributed by atoms with Gasteiger partial charge in [0.2, 0.25) is 0 Å². The van der Waals surface area contributed by atoms with E-state index in [9.17, 15) is 0 Å². The van der Waals surface area contributed by atoms with Gasteiger partial charge in [0, 0.05) is 0 Å². The lowest BCUT2D eigenvalue weighted by Crippen LogP contribution is -2.13. The molecule has 4 nitrogen and oxygen atoms in total. The summed E-state index contributed by atoms with van der Waals surface area (Å²) in [6, 6.07) is 24.9. The van der Waals surface area contributed by atoms with Crippen LogP contribution in [0.25, 0.3) is 11.0 Å². The van der Waals surface area contributed by atoms with Crippen LogP contribution in [0.3, 0.4) is 0 Å². The molecule has 4 aromatic rings. The molecule has 0 fully saturated rings. The molecule has 4 rings (SSSR count). The van der Waals surface area contributed by atoms with Crippen LogP contribution in [0.2, 0.25) is 0 Å².